The molecule has 102 valence electrons. The summed E-state index contributed by atoms with van der Waals surface area (Å²) in [5.74, 6) is 0.600. The summed E-state index contributed by atoms with van der Waals surface area (Å²) in [7, 11) is 0. The zero-order chi connectivity index (χ0) is 14.3. The van der Waals surface area contributed by atoms with Gasteiger partial charge in [0.2, 0.25) is 0 Å². The molecule has 1 unspecified atom stereocenters. The molecular formula is C18H18O2. The summed E-state index contributed by atoms with van der Waals surface area (Å²) in [6.45, 7) is 6.09. The summed E-state index contributed by atoms with van der Waals surface area (Å²) in [5, 5.41) is 11.6. The van der Waals surface area contributed by atoms with Gasteiger partial charge < -0.3 is 9.52 Å². The minimum absolute atomic E-state index is 0.600. The van der Waals surface area contributed by atoms with Crippen LogP contribution in [0.15, 0.2) is 46.9 Å². The van der Waals surface area contributed by atoms with Crippen molar-refractivity contribution < 1.29 is 9.52 Å². The number of hydrogen-bond acceptors (Lipinski definition) is 2. The van der Waals surface area contributed by atoms with Gasteiger partial charge in [0.1, 0.15) is 17.4 Å². The lowest BCUT2D eigenvalue weighted by Crippen LogP contribution is -2.01. The number of hydrogen-bond donors (Lipinski definition) is 1. The minimum atomic E-state index is -0.721. The molecule has 0 aliphatic rings. The molecule has 0 aliphatic carbocycles. The predicted molar refractivity (Wildman–Crippen MR) is 80.9 cm³/mol. The second kappa shape index (κ2) is 4.80. The van der Waals surface area contributed by atoms with Crippen molar-refractivity contribution in [3.8, 4) is 0 Å². The highest BCUT2D eigenvalue weighted by atomic mass is 16.4. The molecule has 1 N–H and O–H groups in total. The Bertz CT molecular complexity index is 768. The van der Waals surface area contributed by atoms with Gasteiger partial charge in [-0.1, -0.05) is 36.4 Å². The second-order valence-electron chi connectivity index (χ2n) is 5.33. The van der Waals surface area contributed by atoms with E-state index >= 15 is 0 Å². The van der Waals surface area contributed by atoms with Crippen LogP contribution < -0.4 is 0 Å². The lowest BCUT2D eigenvalue weighted by atomic mass is 9.98. The van der Waals surface area contributed by atoms with Crippen molar-refractivity contribution in [1.82, 2.24) is 0 Å². The number of benzene rings is 2. The molecule has 2 nitrogen and oxygen atoms in total. The Morgan fingerprint density at radius 2 is 1.65 bits per heavy atom. The Morgan fingerprint density at radius 3 is 2.40 bits per heavy atom. The van der Waals surface area contributed by atoms with E-state index in [0.29, 0.717) is 5.76 Å². The van der Waals surface area contributed by atoms with E-state index in [0.717, 1.165) is 27.7 Å². The summed E-state index contributed by atoms with van der Waals surface area (Å²) in [4.78, 5) is 0. The lowest BCUT2D eigenvalue weighted by Gasteiger charge is -2.13. The van der Waals surface area contributed by atoms with E-state index in [1.54, 1.807) is 0 Å². The van der Waals surface area contributed by atoms with Crippen LogP contribution in [-0.2, 0) is 0 Å². The molecular weight excluding hydrogens is 248 g/mol. The smallest absolute Gasteiger partial charge is 0.138 e. The minimum Gasteiger partial charge on any atom is -0.458 e. The van der Waals surface area contributed by atoms with Gasteiger partial charge in [-0.05, 0) is 49.1 Å². The third-order valence-electron chi connectivity index (χ3n) is 3.97. The van der Waals surface area contributed by atoms with Crippen LogP contribution in [-0.4, -0.2) is 5.11 Å². The maximum Gasteiger partial charge on any atom is 0.138 e. The highest BCUT2D eigenvalue weighted by Gasteiger charge is 2.18. The zero-order valence-corrected chi connectivity index (χ0v) is 12.0. The van der Waals surface area contributed by atoms with E-state index in [1.165, 1.54) is 5.56 Å². The Morgan fingerprint density at radius 1 is 0.950 bits per heavy atom. The van der Waals surface area contributed by atoms with Crippen LogP contribution in [0.2, 0.25) is 0 Å². The third kappa shape index (κ3) is 2.02. The quantitative estimate of drug-likeness (QED) is 0.744. The van der Waals surface area contributed by atoms with E-state index in [1.807, 2.05) is 63.2 Å². The summed E-state index contributed by atoms with van der Waals surface area (Å²) in [5.41, 5.74) is 5.13. The average molecular weight is 266 g/mol. The predicted octanol–water partition coefficient (Wildman–Crippen LogP) is 4.44. The zero-order valence-electron chi connectivity index (χ0n) is 12.0. The van der Waals surface area contributed by atoms with E-state index in [9.17, 15) is 5.11 Å². The second-order valence-corrected chi connectivity index (χ2v) is 5.33. The number of furan rings is 1. The first-order valence-electron chi connectivity index (χ1n) is 6.81. The van der Waals surface area contributed by atoms with Crippen molar-refractivity contribution in [2.75, 3.05) is 0 Å². The average Bonchev–Trinajstić information content (AvgIpc) is 2.87. The molecule has 0 fully saturated rings. The summed E-state index contributed by atoms with van der Waals surface area (Å²) in [6, 6.07) is 13.9. The molecule has 1 aromatic heterocycles. The van der Waals surface area contributed by atoms with Gasteiger partial charge in [0, 0.05) is 5.39 Å². The molecule has 0 saturated carbocycles. The molecule has 0 radical (unpaired) electrons. The Balaban J connectivity index is 2.10. The van der Waals surface area contributed by atoms with Crippen LogP contribution in [0.1, 0.15) is 34.1 Å². The molecule has 0 saturated heterocycles. The van der Waals surface area contributed by atoms with Crippen molar-refractivity contribution in [1.29, 1.82) is 0 Å². The van der Waals surface area contributed by atoms with Gasteiger partial charge in [-0.25, -0.2) is 0 Å². The topological polar surface area (TPSA) is 33.4 Å². The third-order valence-corrected chi connectivity index (χ3v) is 3.97. The van der Waals surface area contributed by atoms with Crippen molar-refractivity contribution in [3.63, 3.8) is 0 Å². The lowest BCUT2D eigenvalue weighted by molar-refractivity contribution is 0.191. The van der Waals surface area contributed by atoms with E-state index in [-0.39, 0.29) is 0 Å². The van der Waals surface area contributed by atoms with Gasteiger partial charge in [0.05, 0.1) is 0 Å². The number of rotatable bonds is 2. The van der Waals surface area contributed by atoms with Crippen molar-refractivity contribution in [2.45, 2.75) is 26.9 Å². The highest BCUT2D eigenvalue weighted by molar-refractivity contribution is 5.81. The first-order chi connectivity index (χ1) is 9.58. The molecule has 3 aromatic rings. The van der Waals surface area contributed by atoms with Crippen LogP contribution in [0, 0.1) is 20.8 Å². The van der Waals surface area contributed by atoms with Gasteiger partial charge in [0.25, 0.3) is 0 Å². The standard InChI is InChI=1S/C18H18O2/c1-11-6-5-9-15(13(11)3)17(19)16-10-14-8-4-7-12(2)18(14)20-16/h4-10,17,19H,1-3H3. The number of para-hydroxylation sites is 1. The fraction of sp³-hybridized carbons (Fsp3) is 0.222. The molecule has 20 heavy (non-hydrogen) atoms. The van der Waals surface area contributed by atoms with Crippen molar-refractivity contribution in [3.05, 3.63) is 70.5 Å². The first-order valence-corrected chi connectivity index (χ1v) is 6.81. The largest absolute Gasteiger partial charge is 0.458 e. The molecule has 3 rings (SSSR count). The molecule has 1 atom stereocenters. The van der Waals surface area contributed by atoms with Crippen molar-refractivity contribution >= 4 is 11.0 Å². The molecule has 0 spiro atoms. The molecule has 2 heteroatoms. The van der Waals surface area contributed by atoms with Gasteiger partial charge in [-0.2, -0.15) is 0 Å². The number of aryl methyl sites for hydroxylation is 2. The SMILES string of the molecule is Cc1cccc(C(O)c2cc3cccc(C)c3o2)c1C. The maximum absolute atomic E-state index is 10.6. The van der Waals surface area contributed by atoms with Gasteiger partial charge >= 0.3 is 0 Å². The van der Waals surface area contributed by atoms with E-state index in [2.05, 4.69) is 0 Å². The molecule has 2 aromatic carbocycles. The first kappa shape index (κ1) is 12.9. The fourth-order valence-electron chi connectivity index (χ4n) is 2.59. The summed E-state index contributed by atoms with van der Waals surface area (Å²) >= 11 is 0. The van der Waals surface area contributed by atoms with E-state index in [4.69, 9.17) is 4.42 Å². The Labute approximate surface area is 118 Å². The van der Waals surface area contributed by atoms with Crippen LogP contribution in [0.4, 0.5) is 0 Å². The van der Waals surface area contributed by atoms with Crippen LogP contribution >= 0.6 is 0 Å². The molecule has 1 heterocycles. The number of fused-ring (bicyclic) bond motifs is 1. The normalized spacial score (nSPS) is 12.8. The Hall–Kier alpha value is -2.06. The maximum atomic E-state index is 10.6. The van der Waals surface area contributed by atoms with Gasteiger partial charge in [0.15, 0.2) is 0 Å². The molecule has 0 bridgehead atoms. The van der Waals surface area contributed by atoms with Gasteiger partial charge in [-0.3, -0.25) is 0 Å². The Kier molecular flexibility index (Phi) is 3.11. The molecule has 0 aliphatic heterocycles. The summed E-state index contributed by atoms with van der Waals surface area (Å²) in [6.07, 6.45) is -0.721. The summed E-state index contributed by atoms with van der Waals surface area (Å²) < 4.78 is 5.86. The molecule has 0 amide bonds. The fourth-order valence-corrected chi connectivity index (χ4v) is 2.59. The highest BCUT2D eigenvalue weighted by Crippen LogP contribution is 2.31. The van der Waals surface area contributed by atoms with Crippen LogP contribution in [0.25, 0.3) is 11.0 Å². The van der Waals surface area contributed by atoms with Gasteiger partial charge in [-0.15, -0.1) is 0 Å². The number of aliphatic hydroxyl groups is 1. The van der Waals surface area contributed by atoms with Crippen LogP contribution in [0.5, 0.6) is 0 Å². The monoisotopic (exact) mass is 266 g/mol. The van der Waals surface area contributed by atoms with Crippen molar-refractivity contribution in [2.24, 2.45) is 0 Å². The van der Waals surface area contributed by atoms with E-state index < -0.39 is 6.10 Å². The number of aliphatic hydroxyl groups excluding tert-OH is 1. The van der Waals surface area contributed by atoms with Crippen LogP contribution in [0.3, 0.4) is 0 Å².